The Hall–Kier alpha value is -1.38. The SMILES string of the molecule is CC1CN(C#CC#CC(C)(C)OCCC#N)C(C)(C)CC1O.Cl. The topological polar surface area (TPSA) is 56.5 Å². The lowest BCUT2D eigenvalue weighted by Crippen LogP contribution is -2.52. The molecule has 1 heterocycles. The molecule has 0 aromatic rings. The van der Waals surface area contributed by atoms with Crippen LogP contribution in [0.25, 0.3) is 0 Å². The minimum atomic E-state index is -0.605. The molecule has 0 bridgehead atoms. The molecule has 1 N–H and O–H groups in total. The number of piperidine rings is 1. The molecule has 1 aliphatic rings. The average molecular weight is 339 g/mol. The lowest BCUT2D eigenvalue weighted by atomic mass is 9.84. The van der Waals surface area contributed by atoms with Crippen LogP contribution in [0.2, 0.25) is 0 Å². The van der Waals surface area contributed by atoms with Gasteiger partial charge in [0.2, 0.25) is 0 Å². The molecular formula is C18H27ClN2O2. The monoisotopic (exact) mass is 338 g/mol. The Kier molecular flexibility index (Phi) is 8.50. The number of aliphatic hydroxyl groups is 1. The third-order valence-electron chi connectivity index (χ3n) is 3.86. The van der Waals surface area contributed by atoms with Crippen molar-refractivity contribution >= 4 is 12.4 Å². The van der Waals surface area contributed by atoms with E-state index in [4.69, 9.17) is 10.00 Å². The highest BCUT2D eigenvalue weighted by molar-refractivity contribution is 5.85. The van der Waals surface area contributed by atoms with Crippen LogP contribution < -0.4 is 0 Å². The zero-order valence-corrected chi connectivity index (χ0v) is 15.5. The second-order valence-corrected chi connectivity index (χ2v) is 6.93. The predicted molar refractivity (Wildman–Crippen MR) is 93.6 cm³/mol. The van der Waals surface area contributed by atoms with E-state index in [1.165, 1.54) is 0 Å². The van der Waals surface area contributed by atoms with E-state index in [2.05, 4.69) is 42.6 Å². The van der Waals surface area contributed by atoms with Gasteiger partial charge in [-0.05, 0) is 40.0 Å². The number of hydrogen-bond donors (Lipinski definition) is 1. The maximum atomic E-state index is 9.97. The van der Waals surface area contributed by atoms with Crippen molar-refractivity contribution in [1.82, 2.24) is 4.90 Å². The lowest BCUT2D eigenvalue weighted by Gasteiger charge is -2.45. The molecule has 23 heavy (non-hydrogen) atoms. The molecule has 1 rings (SSSR count). The van der Waals surface area contributed by atoms with Crippen LogP contribution in [0.3, 0.4) is 0 Å². The first-order valence-electron chi connectivity index (χ1n) is 7.67. The zero-order chi connectivity index (χ0) is 16.8. The third kappa shape index (κ3) is 7.15. The van der Waals surface area contributed by atoms with Gasteiger partial charge in [-0.15, -0.1) is 12.4 Å². The second kappa shape index (κ2) is 9.05. The number of ether oxygens (including phenoxy) is 1. The van der Waals surface area contributed by atoms with E-state index in [1.54, 1.807) is 0 Å². The van der Waals surface area contributed by atoms with Crippen molar-refractivity contribution in [3.05, 3.63) is 0 Å². The van der Waals surface area contributed by atoms with Crippen LogP contribution in [-0.4, -0.2) is 40.4 Å². The van der Waals surface area contributed by atoms with Crippen LogP contribution in [0.1, 0.15) is 47.5 Å². The van der Waals surface area contributed by atoms with Gasteiger partial charge in [0, 0.05) is 30.0 Å². The van der Waals surface area contributed by atoms with E-state index in [0.717, 1.165) is 6.54 Å². The Bertz CT molecular complexity index is 543. The number of nitrogens with zero attached hydrogens (tertiary/aromatic N) is 2. The summed E-state index contributed by atoms with van der Waals surface area (Å²) in [5.74, 6) is 8.90. The highest BCUT2D eigenvalue weighted by Crippen LogP contribution is 2.29. The standard InChI is InChI=1S/C18H26N2O2.ClH/c1-15-14-20(17(2,3)13-16(15)21)11-7-6-9-18(4,5)22-12-8-10-19;/h15-16,21H,8,12-14H2,1-5H3;1H. The quantitative estimate of drug-likeness (QED) is 0.634. The molecule has 128 valence electrons. The molecule has 0 radical (unpaired) electrons. The molecule has 0 spiro atoms. The summed E-state index contributed by atoms with van der Waals surface area (Å²) in [7, 11) is 0. The number of halogens is 1. The Morgan fingerprint density at radius 2 is 2.00 bits per heavy atom. The molecule has 0 aromatic heterocycles. The molecule has 0 aliphatic carbocycles. The van der Waals surface area contributed by atoms with Crippen molar-refractivity contribution in [3.8, 4) is 29.9 Å². The van der Waals surface area contributed by atoms with Crippen molar-refractivity contribution in [2.24, 2.45) is 5.92 Å². The van der Waals surface area contributed by atoms with E-state index in [1.807, 2.05) is 26.8 Å². The third-order valence-corrected chi connectivity index (χ3v) is 3.86. The highest BCUT2D eigenvalue weighted by atomic mass is 35.5. The van der Waals surface area contributed by atoms with Gasteiger partial charge >= 0.3 is 0 Å². The van der Waals surface area contributed by atoms with Crippen molar-refractivity contribution in [3.63, 3.8) is 0 Å². The normalized spacial score (nSPS) is 22.6. The van der Waals surface area contributed by atoms with Gasteiger partial charge < -0.3 is 14.7 Å². The van der Waals surface area contributed by atoms with Crippen LogP contribution in [0.15, 0.2) is 0 Å². The summed E-state index contributed by atoms with van der Waals surface area (Å²) >= 11 is 0. The fourth-order valence-electron chi connectivity index (χ4n) is 2.34. The van der Waals surface area contributed by atoms with E-state index >= 15 is 0 Å². The van der Waals surface area contributed by atoms with Crippen molar-refractivity contribution in [2.75, 3.05) is 13.2 Å². The molecule has 0 saturated carbocycles. The lowest BCUT2D eigenvalue weighted by molar-refractivity contribution is -0.00836. The predicted octanol–water partition coefficient (Wildman–Crippen LogP) is 2.56. The van der Waals surface area contributed by atoms with Gasteiger partial charge in [-0.25, -0.2) is 0 Å². The second-order valence-electron chi connectivity index (χ2n) is 6.93. The summed E-state index contributed by atoms with van der Waals surface area (Å²) in [5.41, 5.74) is -0.758. The number of nitriles is 1. The summed E-state index contributed by atoms with van der Waals surface area (Å²) in [5, 5.41) is 18.5. The minimum Gasteiger partial charge on any atom is -0.393 e. The summed E-state index contributed by atoms with van der Waals surface area (Å²) in [6, 6.07) is 5.13. The summed E-state index contributed by atoms with van der Waals surface area (Å²) in [4.78, 5) is 2.06. The van der Waals surface area contributed by atoms with E-state index < -0.39 is 5.60 Å². The van der Waals surface area contributed by atoms with Crippen LogP contribution >= 0.6 is 12.4 Å². The first-order chi connectivity index (χ1) is 10.2. The molecule has 2 unspecified atom stereocenters. The maximum Gasteiger partial charge on any atom is 0.124 e. The number of rotatable bonds is 3. The van der Waals surface area contributed by atoms with Crippen molar-refractivity contribution in [1.29, 1.82) is 5.26 Å². The highest BCUT2D eigenvalue weighted by Gasteiger charge is 2.36. The van der Waals surface area contributed by atoms with Crippen LogP contribution in [0.4, 0.5) is 0 Å². The van der Waals surface area contributed by atoms with Gasteiger partial charge in [0.15, 0.2) is 0 Å². The molecule has 0 aromatic carbocycles. The Labute approximate surface area is 146 Å². The Balaban J connectivity index is 0.00000484. The molecule has 2 atom stereocenters. The van der Waals surface area contributed by atoms with Crippen LogP contribution in [-0.2, 0) is 4.74 Å². The van der Waals surface area contributed by atoms with E-state index in [9.17, 15) is 5.11 Å². The molecule has 1 saturated heterocycles. The summed E-state index contributed by atoms with van der Waals surface area (Å²) in [6.45, 7) is 11.0. The van der Waals surface area contributed by atoms with Crippen LogP contribution in [0.5, 0.6) is 0 Å². The first-order valence-corrected chi connectivity index (χ1v) is 7.67. The number of likely N-dealkylation sites (tertiary alicyclic amines) is 1. The smallest absolute Gasteiger partial charge is 0.124 e. The van der Waals surface area contributed by atoms with Gasteiger partial charge in [0.1, 0.15) is 5.60 Å². The minimum absolute atomic E-state index is 0. The molecule has 0 amide bonds. The summed E-state index contributed by atoms with van der Waals surface area (Å²) in [6.07, 6.45) is 0.796. The summed E-state index contributed by atoms with van der Waals surface area (Å²) < 4.78 is 5.52. The van der Waals surface area contributed by atoms with Crippen molar-refractivity contribution < 1.29 is 9.84 Å². The van der Waals surface area contributed by atoms with Gasteiger partial charge in [0.25, 0.3) is 0 Å². The average Bonchev–Trinajstić information content (AvgIpc) is 2.40. The molecule has 5 heteroatoms. The van der Waals surface area contributed by atoms with Gasteiger partial charge in [-0.1, -0.05) is 12.8 Å². The van der Waals surface area contributed by atoms with E-state index in [-0.39, 0.29) is 30.0 Å². The Morgan fingerprint density at radius 3 is 2.61 bits per heavy atom. The maximum absolute atomic E-state index is 9.97. The molecular weight excluding hydrogens is 312 g/mol. The first kappa shape index (κ1) is 21.6. The van der Waals surface area contributed by atoms with Gasteiger partial charge in [-0.3, -0.25) is 0 Å². The Morgan fingerprint density at radius 1 is 1.35 bits per heavy atom. The molecule has 1 fully saturated rings. The number of hydrogen-bond acceptors (Lipinski definition) is 4. The molecule has 1 aliphatic heterocycles. The van der Waals surface area contributed by atoms with Crippen molar-refractivity contribution in [2.45, 2.75) is 64.7 Å². The fraction of sp³-hybridized carbons (Fsp3) is 0.722. The largest absolute Gasteiger partial charge is 0.393 e. The van der Waals surface area contributed by atoms with Gasteiger partial charge in [-0.2, -0.15) is 5.26 Å². The zero-order valence-electron chi connectivity index (χ0n) is 14.6. The van der Waals surface area contributed by atoms with E-state index in [0.29, 0.717) is 19.4 Å². The number of aliphatic hydroxyl groups excluding tert-OH is 1. The molecule has 4 nitrogen and oxygen atoms in total. The fourth-order valence-corrected chi connectivity index (χ4v) is 2.34. The van der Waals surface area contributed by atoms with Crippen LogP contribution in [0, 0.1) is 41.1 Å². The van der Waals surface area contributed by atoms with Gasteiger partial charge in [0.05, 0.1) is 25.2 Å².